The van der Waals surface area contributed by atoms with E-state index in [1.165, 1.54) is 12.0 Å². The van der Waals surface area contributed by atoms with Crippen LogP contribution in [0.2, 0.25) is 0 Å². The Morgan fingerprint density at radius 1 is 1.24 bits per heavy atom. The van der Waals surface area contributed by atoms with Gasteiger partial charge < -0.3 is 15.9 Å². The van der Waals surface area contributed by atoms with Gasteiger partial charge in [-0.15, -0.1) is 0 Å². The van der Waals surface area contributed by atoms with E-state index in [1.54, 1.807) is 0 Å². The highest BCUT2D eigenvalue weighted by Gasteiger charge is 2.28. The van der Waals surface area contributed by atoms with Gasteiger partial charge in [-0.05, 0) is 62.3 Å². The van der Waals surface area contributed by atoms with Crippen molar-refractivity contribution in [3.05, 3.63) is 34.9 Å². The lowest BCUT2D eigenvalue weighted by Gasteiger charge is -2.32. The second kappa shape index (κ2) is 7.39. The fraction of sp³-hybridized carbons (Fsp3) is 0.667. The van der Waals surface area contributed by atoms with E-state index in [9.17, 15) is 10.2 Å². The van der Waals surface area contributed by atoms with Crippen LogP contribution in [0.1, 0.15) is 67.7 Å². The Labute approximate surface area is 128 Å². The summed E-state index contributed by atoms with van der Waals surface area (Å²) in [5.74, 6) is 0. The van der Waals surface area contributed by atoms with E-state index >= 15 is 0 Å². The van der Waals surface area contributed by atoms with Crippen molar-refractivity contribution in [3.63, 3.8) is 0 Å². The largest absolute Gasteiger partial charge is 0.390 e. The minimum atomic E-state index is -0.479. The van der Waals surface area contributed by atoms with Crippen LogP contribution in [0.4, 0.5) is 0 Å². The van der Waals surface area contributed by atoms with Crippen LogP contribution in [-0.2, 0) is 6.42 Å². The molecule has 1 atom stereocenters. The van der Waals surface area contributed by atoms with Crippen molar-refractivity contribution in [2.75, 3.05) is 6.54 Å². The maximum atomic E-state index is 10.6. The maximum Gasteiger partial charge on any atom is 0.0804 e. The zero-order valence-electron chi connectivity index (χ0n) is 13.1. The summed E-state index contributed by atoms with van der Waals surface area (Å²) in [6.45, 7) is 2.51. The molecule has 3 heteroatoms. The van der Waals surface area contributed by atoms with Crippen molar-refractivity contribution in [2.45, 2.75) is 70.0 Å². The van der Waals surface area contributed by atoms with E-state index in [1.807, 2.05) is 6.92 Å². The van der Waals surface area contributed by atoms with Gasteiger partial charge in [-0.1, -0.05) is 37.5 Å². The van der Waals surface area contributed by atoms with Crippen molar-refractivity contribution in [3.8, 4) is 0 Å². The minimum absolute atomic E-state index is 0.473. The number of hydrogen-bond donors (Lipinski definition) is 3. The summed E-state index contributed by atoms with van der Waals surface area (Å²) < 4.78 is 0. The third-order valence-corrected chi connectivity index (χ3v) is 4.81. The lowest BCUT2D eigenvalue weighted by molar-refractivity contribution is -0.00342. The second-order valence-electron chi connectivity index (χ2n) is 6.57. The van der Waals surface area contributed by atoms with Crippen molar-refractivity contribution < 1.29 is 10.2 Å². The number of aliphatic hydroxyl groups is 2. The molecule has 0 bridgehead atoms. The Bertz CT molecular complexity index is 453. The topological polar surface area (TPSA) is 66.5 Å². The molecule has 1 unspecified atom stereocenters. The molecule has 0 amide bonds. The fourth-order valence-corrected chi connectivity index (χ4v) is 3.35. The van der Waals surface area contributed by atoms with Crippen LogP contribution in [0.5, 0.6) is 0 Å². The second-order valence-corrected chi connectivity index (χ2v) is 6.57. The molecule has 0 radical (unpaired) electrons. The number of aryl methyl sites for hydroxylation is 2. The van der Waals surface area contributed by atoms with E-state index < -0.39 is 11.7 Å². The first-order valence-corrected chi connectivity index (χ1v) is 8.24. The lowest BCUT2D eigenvalue weighted by Crippen LogP contribution is -2.31. The summed E-state index contributed by atoms with van der Waals surface area (Å²) in [5.41, 5.74) is 8.35. The third kappa shape index (κ3) is 4.53. The van der Waals surface area contributed by atoms with E-state index in [0.717, 1.165) is 49.7 Å². The van der Waals surface area contributed by atoms with Gasteiger partial charge in [-0.3, -0.25) is 0 Å². The lowest BCUT2D eigenvalue weighted by atomic mass is 9.81. The predicted molar refractivity (Wildman–Crippen MR) is 86.2 cm³/mol. The zero-order chi connectivity index (χ0) is 15.3. The molecule has 0 saturated heterocycles. The van der Waals surface area contributed by atoms with Gasteiger partial charge in [0.2, 0.25) is 0 Å². The molecule has 1 aromatic rings. The summed E-state index contributed by atoms with van der Waals surface area (Å²) in [6, 6.07) is 6.26. The molecule has 3 nitrogen and oxygen atoms in total. The summed E-state index contributed by atoms with van der Waals surface area (Å²) >= 11 is 0. The van der Waals surface area contributed by atoms with Crippen LogP contribution in [0.3, 0.4) is 0 Å². The van der Waals surface area contributed by atoms with Gasteiger partial charge in [0.05, 0.1) is 11.7 Å². The van der Waals surface area contributed by atoms with Gasteiger partial charge in [0, 0.05) is 0 Å². The number of rotatable bonds is 6. The van der Waals surface area contributed by atoms with Crippen LogP contribution in [0.15, 0.2) is 18.2 Å². The van der Waals surface area contributed by atoms with Crippen molar-refractivity contribution in [1.29, 1.82) is 0 Å². The quantitative estimate of drug-likeness (QED) is 0.755. The van der Waals surface area contributed by atoms with Crippen molar-refractivity contribution >= 4 is 0 Å². The van der Waals surface area contributed by atoms with Gasteiger partial charge in [0.25, 0.3) is 0 Å². The molecular weight excluding hydrogens is 262 g/mol. The highest BCUT2D eigenvalue weighted by Crippen LogP contribution is 2.32. The van der Waals surface area contributed by atoms with E-state index in [-0.39, 0.29) is 0 Å². The average Bonchev–Trinajstić information content (AvgIpc) is 2.47. The first-order valence-electron chi connectivity index (χ1n) is 8.24. The molecule has 1 aliphatic rings. The molecule has 0 spiro atoms. The first-order chi connectivity index (χ1) is 10.0. The number of nitrogens with two attached hydrogens (primary N) is 1. The minimum Gasteiger partial charge on any atom is -0.390 e. The Kier molecular flexibility index (Phi) is 5.80. The number of aliphatic hydroxyl groups excluding tert-OH is 1. The van der Waals surface area contributed by atoms with Gasteiger partial charge in [-0.25, -0.2) is 0 Å². The monoisotopic (exact) mass is 291 g/mol. The molecule has 1 aliphatic carbocycles. The zero-order valence-corrected chi connectivity index (χ0v) is 13.1. The van der Waals surface area contributed by atoms with Crippen LogP contribution < -0.4 is 5.73 Å². The molecule has 2 rings (SSSR count). The summed E-state index contributed by atoms with van der Waals surface area (Å²) in [7, 11) is 0. The van der Waals surface area contributed by atoms with Gasteiger partial charge >= 0.3 is 0 Å². The van der Waals surface area contributed by atoms with E-state index in [0.29, 0.717) is 13.0 Å². The van der Waals surface area contributed by atoms with Gasteiger partial charge in [0.1, 0.15) is 0 Å². The van der Waals surface area contributed by atoms with Crippen LogP contribution in [0.25, 0.3) is 0 Å². The summed E-state index contributed by atoms with van der Waals surface area (Å²) in [4.78, 5) is 0. The first kappa shape index (κ1) is 16.5. The molecule has 118 valence electrons. The normalized spacial score (nSPS) is 19.4. The van der Waals surface area contributed by atoms with Crippen LogP contribution in [0, 0.1) is 6.92 Å². The average molecular weight is 291 g/mol. The standard InChI is InChI=1S/C18H29NO2/c1-14-5-6-15(13-16(14)17(20)8-12-19)7-11-18(21)9-3-2-4-10-18/h5-6,13,17,20-21H,2-4,7-12,19H2,1H3. The van der Waals surface area contributed by atoms with Crippen molar-refractivity contribution in [2.24, 2.45) is 5.73 Å². The molecule has 21 heavy (non-hydrogen) atoms. The molecule has 1 fully saturated rings. The molecule has 1 aromatic carbocycles. The number of benzene rings is 1. The summed E-state index contributed by atoms with van der Waals surface area (Å²) in [5, 5.41) is 20.7. The van der Waals surface area contributed by atoms with Crippen LogP contribution in [-0.4, -0.2) is 22.4 Å². The fourth-order valence-electron chi connectivity index (χ4n) is 3.35. The SMILES string of the molecule is Cc1ccc(CCC2(O)CCCCC2)cc1C(O)CCN. The van der Waals surface area contributed by atoms with Gasteiger partial charge in [-0.2, -0.15) is 0 Å². The molecule has 0 aromatic heterocycles. The van der Waals surface area contributed by atoms with Crippen molar-refractivity contribution in [1.82, 2.24) is 0 Å². The van der Waals surface area contributed by atoms with E-state index in [2.05, 4.69) is 18.2 Å². The Morgan fingerprint density at radius 2 is 1.95 bits per heavy atom. The predicted octanol–water partition coefficient (Wildman–Crippen LogP) is 3.01. The van der Waals surface area contributed by atoms with Gasteiger partial charge in [0.15, 0.2) is 0 Å². The summed E-state index contributed by atoms with van der Waals surface area (Å²) in [6.07, 6.45) is 7.21. The molecule has 0 aliphatic heterocycles. The Morgan fingerprint density at radius 3 is 2.62 bits per heavy atom. The van der Waals surface area contributed by atoms with Crippen LogP contribution >= 0.6 is 0 Å². The molecule has 0 heterocycles. The highest BCUT2D eigenvalue weighted by atomic mass is 16.3. The highest BCUT2D eigenvalue weighted by molar-refractivity contribution is 5.33. The molecule has 4 N–H and O–H groups in total. The Balaban J connectivity index is 2.01. The third-order valence-electron chi connectivity index (χ3n) is 4.81. The maximum absolute atomic E-state index is 10.6. The Hall–Kier alpha value is -0.900. The molecule has 1 saturated carbocycles. The molecular formula is C18H29NO2. The smallest absolute Gasteiger partial charge is 0.0804 e. The van der Waals surface area contributed by atoms with E-state index in [4.69, 9.17) is 5.73 Å². The number of hydrogen-bond acceptors (Lipinski definition) is 3.